The van der Waals surface area contributed by atoms with Crippen LogP contribution in [0.25, 0.3) is 0 Å². The lowest BCUT2D eigenvalue weighted by molar-refractivity contribution is 0.182. The SMILES string of the molecule is CC(C)CCC[C@@H](O)CCl. The highest BCUT2D eigenvalue weighted by molar-refractivity contribution is 6.18. The van der Waals surface area contributed by atoms with Crippen molar-refractivity contribution in [2.24, 2.45) is 5.92 Å². The van der Waals surface area contributed by atoms with Crippen LogP contribution in [0.4, 0.5) is 0 Å². The summed E-state index contributed by atoms with van der Waals surface area (Å²) in [6.07, 6.45) is 2.83. The smallest absolute Gasteiger partial charge is 0.0675 e. The molecule has 1 atom stereocenters. The van der Waals surface area contributed by atoms with Gasteiger partial charge in [0.15, 0.2) is 0 Å². The van der Waals surface area contributed by atoms with Crippen molar-refractivity contribution >= 4 is 11.6 Å². The number of halogens is 1. The molecular weight excluding hydrogens is 148 g/mol. The highest BCUT2D eigenvalue weighted by Crippen LogP contribution is 2.08. The molecule has 0 saturated heterocycles. The Labute approximate surface area is 68.4 Å². The topological polar surface area (TPSA) is 20.2 Å². The van der Waals surface area contributed by atoms with Crippen LogP contribution in [-0.4, -0.2) is 17.1 Å². The minimum atomic E-state index is -0.291. The summed E-state index contributed by atoms with van der Waals surface area (Å²) >= 11 is 5.42. The second kappa shape index (κ2) is 5.99. The van der Waals surface area contributed by atoms with E-state index in [9.17, 15) is 0 Å². The van der Waals surface area contributed by atoms with E-state index in [1.807, 2.05) is 0 Å². The van der Waals surface area contributed by atoms with Crippen LogP contribution < -0.4 is 0 Å². The van der Waals surface area contributed by atoms with Gasteiger partial charge in [-0.2, -0.15) is 0 Å². The molecule has 0 fully saturated rings. The van der Waals surface area contributed by atoms with E-state index in [1.54, 1.807) is 0 Å². The van der Waals surface area contributed by atoms with E-state index in [4.69, 9.17) is 16.7 Å². The van der Waals surface area contributed by atoms with Gasteiger partial charge in [-0.15, -0.1) is 11.6 Å². The van der Waals surface area contributed by atoms with Gasteiger partial charge >= 0.3 is 0 Å². The maximum atomic E-state index is 9.04. The molecule has 1 nitrogen and oxygen atoms in total. The lowest BCUT2D eigenvalue weighted by atomic mass is 10.1. The van der Waals surface area contributed by atoms with E-state index in [0.29, 0.717) is 5.88 Å². The van der Waals surface area contributed by atoms with Gasteiger partial charge in [0, 0.05) is 5.88 Å². The molecule has 2 heteroatoms. The number of rotatable bonds is 5. The Morgan fingerprint density at radius 2 is 1.90 bits per heavy atom. The second-order valence-corrected chi connectivity index (χ2v) is 3.44. The van der Waals surface area contributed by atoms with Gasteiger partial charge in [-0.3, -0.25) is 0 Å². The Hall–Kier alpha value is 0.250. The molecule has 0 aliphatic carbocycles. The molecule has 0 unspecified atom stereocenters. The van der Waals surface area contributed by atoms with Crippen LogP contribution in [0, 0.1) is 5.92 Å². The normalized spacial score (nSPS) is 14.1. The van der Waals surface area contributed by atoms with Crippen molar-refractivity contribution in [3.05, 3.63) is 0 Å². The second-order valence-electron chi connectivity index (χ2n) is 3.13. The van der Waals surface area contributed by atoms with Crippen molar-refractivity contribution in [3.63, 3.8) is 0 Å². The Morgan fingerprint density at radius 1 is 1.30 bits per heavy atom. The summed E-state index contributed by atoms with van der Waals surface area (Å²) in [5, 5.41) is 9.04. The van der Waals surface area contributed by atoms with Gasteiger partial charge in [0.1, 0.15) is 0 Å². The lowest BCUT2D eigenvalue weighted by Gasteiger charge is -2.07. The molecule has 0 aromatic carbocycles. The Morgan fingerprint density at radius 3 is 2.30 bits per heavy atom. The summed E-state index contributed by atoms with van der Waals surface area (Å²) in [4.78, 5) is 0. The molecule has 0 aromatic rings. The molecule has 0 amide bonds. The van der Waals surface area contributed by atoms with Crippen molar-refractivity contribution < 1.29 is 5.11 Å². The molecule has 10 heavy (non-hydrogen) atoms. The Balaban J connectivity index is 3.03. The standard InChI is InChI=1S/C8H17ClO/c1-7(2)4-3-5-8(10)6-9/h7-8,10H,3-6H2,1-2H3/t8-/m1/s1. The minimum Gasteiger partial charge on any atom is -0.392 e. The molecule has 0 aliphatic heterocycles. The lowest BCUT2D eigenvalue weighted by Crippen LogP contribution is -2.07. The van der Waals surface area contributed by atoms with Crippen LogP contribution in [0.5, 0.6) is 0 Å². The van der Waals surface area contributed by atoms with E-state index in [0.717, 1.165) is 18.8 Å². The maximum absolute atomic E-state index is 9.04. The summed E-state index contributed by atoms with van der Waals surface area (Å²) in [6.45, 7) is 4.38. The van der Waals surface area contributed by atoms with Crippen molar-refractivity contribution in [2.45, 2.75) is 39.2 Å². The molecular formula is C8H17ClO. The van der Waals surface area contributed by atoms with Gasteiger partial charge in [0.05, 0.1) is 6.10 Å². The average molecular weight is 165 g/mol. The van der Waals surface area contributed by atoms with Crippen LogP contribution in [-0.2, 0) is 0 Å². The van der Waals surface area contributed by atoms with Gasteiger partial charge in [0.25, 0.3) is 0 Å². The number of hydrogen-bond donors (Lipinski definition) is 1. The quantitative estimate of drug-likeness (QED) is 0.619. The number of alkyl halides is 1. The molecule has 0 spiro atoms. The van der Waals surface area contributed by atoms with Gasteiger partial charge in [-0.25, -0.2) is 0 Å². The van der Waals surface area contributed by atoms with Gasteiger partial charge in [0.2, 0.25) is 0 Å². The monoisotopic (exact) mass is 164 g/mol. The highest BCUT2D eigenvalue weighted by Gasteiger charge is 2.01. The third-order valence-electron chi connectivity index (χ3n) is 1.50. The third kappa shape index (κ3) is 6.37. The molecule has 1 N–H and O–H groups in total. The number of aliphatic hydroxyl groups is 1. The molecule has 0 heterocycles. The highest BCUT2D eigenvalue weighted by atomic mass is 35.5. The zero-order valence-electron chi connectivity index (χ0n) is 6.81. The largest absolute Gasteiger partial charge is 0.392 e. The van der Waals surface area contributed by atoms with E-state index < -0.39 is 0 Å². The Kier molecular flexibility index (Phi) is 6.14. The first-order valence-corrected chi connectivity index (χ1v) is 4.44. The van der Waals surface area contributed by atoms with Crippen molar-refractivity contribution in [1.29, 1.82) is 0 Å². The van der Waals surface area contributed by atoms with Crippen LogP contribution in [0.3, 0.4) is 0 Å². The van der Waals surface area contributed by atoms with E-state index in [1.165, 1.54) is 6.42 Å². The maximum Gasteiger partial charge on any atom is 0.0675 e. The molecule has 0 saturated carbocycles. The fourth-order valence-electron chi connectivity index (χ4n) is 0.839. The summed E-state index contributed by atoms with van der Waals surface area (Å²) in [7, 11) is 0. The summed E-state index contributed by atoms with van der Waals surface area (Å²) in [6, 6.07) is 0. The predicted octanol–water partition coefficient (Wildman–Crippen LogP) is 2.41. The van der Waals surface area contributed by atoms with Crippen LogP contribution in [0.2, 0.25) is 0 Å². The summed E-state index contributed by atoms with van der Waals surface area (Å²) in [5.41, 5.74) is 0. The first kappa shape index (κ1) is 10.2. The van der Waals surface area contributed by atoms with E-state index >= 15 is 0 Å². The molecule has 0 aliphatic rings. The van der Waals surface area contributed by atoms with Crippen molar-refractivity contribution in [2.75, 3.05) is 5.88 Å². The first-order valence-electron chi connectivity index (χ1n) is 3.90. The summed E-state index contributed by atoms with van der Waals surface area (Å²) < 4.78 is 0. The number of aliphatic hydroxyl groups excluding tert-OH is 1. The van der Waals surface area contributed by atoms with Crippen LogP contribution in [0.15, 0.2) is 0 Å². The molecule has 0 radical (unpaired) electrons. The summed E-state index contributed by atoms with van der Waals surface area (Å²) in [5.74, 6) is 1.11. The molecule has 0 bridgehead atoms. The fourth-order valence-corrected chi connectivity index (χ4v) is 0.993. The van der Waals surface area contributed by atoms with Crippen molar-refractivity contribution in [3.8, 4) is 0 Å². The molecule has 0 aromatic heterocycles. The van der Waals surface area contributed by atoms with Gasteiger partial charge in [-0.1, -0.05) is 26.7 Å². The molecule has 62 valence electrons. The zero-order valence-corrected chi connectivity index (χ0v) is 7.56. The zero-order chi connectivity index (χ0) is 7.98. The minimum absolute atomic E-state index is 0.291. The predicted molar refractivity (Wildman–Crippen MR) is 45.4 cm³/mol. The Bertz CT molecular complexity index is 73.7. The number of hydrogen-bond acceptors (Lipinski definition) is 1. The molecule has 0 rings (SSSR count). The first-order chi connectivity index (χ1) is 4.66. The average Bonchev–Trinajstić information content (AvgIpc) is 1.87. The third-order valence-corrected chi connectivity index (χ3v) is 1.85. The van der Waals surface area contributed by atoms with Crippen LogP contribution in [0.1, 0.15) is 33.1 Å². The van der Waals surface area contributed by atoms with Crippen LogP contribution >= 0.6 is 11.6 Å². The van der Waals surface area contributed by atoms with E-state index in [-0.39, 0.29) is 6.10 Å². The van der Waals surface area contributed by atoms with E-state index in [2.05, 4.69) is 13.8 Å². The van der Waals surface area contributed by atoms with Gasteiger partial charge < -0.3 is 5.11 Å². The fraction of sp³-hybridized carbons (Fsp3) is 1.00. The van der Waals surface area contributed by atoms with Crippen molar-refractivity contribution in [1.82, 2.24) is 0 Å². The van der Waals surface area contributed by atoms with Gasteiger partial charge in [-0.05, 0) is 12.3 Å².